The molecule has 18 heavy (non-hydrogen) atoms. The molecule has 0 aromatic heterocycles. The molecule has 0 aliphatic heterocycles. The summed E-state index contributed by atoms with van der Waals surface area (Å²) in [4.78, 5) is 0.315. The summed E-state index contributed by atoms with van der Waals surface area (Å²) in [5.74, 6) is 0.919. The highest BCUT2D eigenvalue weighted by atomic mass is 32.2. The molecule has 0 amide bonds. The highest BCUT2D eigenvalue weighted by molar-refractivity contribution is 7.85. The number of rotatable bonds is 3. The zero-order valence-electron chi connectivity index (χ0n) is 9.67. The lowest BCUT2D eigenvalue weighted by molar-refractivity contribution is -0.137. The van der Waals surface area contributed by atoms with Crippen molar-refractivity contribution in [2.45, 2.75) is 30.3 Å². The number of hydrogen-bond acceptors (Lipinski definition) is 2. The maximum atomic E-state index is 12.4. The van der Waals surface area contributed by atoms with Gasteiger partial charge in [0.15, 0.2) is 0 Å². The van der Waals surface area contributed by atoms with E-state index in [0.717, 1.165) is 31.4 Å². The minimum atomic E-state index is -4.41. The maximum absolute atomic E-state index is 12.4. The Labute approximate surface area is 106 Å². The quantitative estimate of drug-likeness (QED) is 0.862. The van der Waals surface area contributed by atoms with Crippen molar-refractivity contribution in [2.24, 2.45) is 5.92 Å². The van der Waals surface area contributed by atoms with Crippen molar-refractivity contribution in [3.05, 3.63) is 23.8 Å². The van der Waals surface area contributed by atoms with Crippen LogP contribution in [0.25, 0.3) is 0 Å². The van der Waals surface area contributed by atoms with Gasteiger partial charge in [0.2, 0.25) is 0 Å². The van der Waals surface area contributed by atoms with E-state index in [0.29, 0.717) is 16.6 Å². The molecule has 0 heterocycles. The van der Waals surface area contributed by atoms with Crippen molar-refractivity contribution in [2.75, 3.05) is 11.5 Å². The van der Waals surface area contributed by atoms with E-state index in [4.69, 9.17) is 5.73 Å². The van der Waals surface area contributed by atoms with Crippen LogP contribution in [0.1, 0.15) is 24.8 Å². The molecule has 6 heteroatoms. The van der Waals surface area contributed by atoms with Gasteiger partial charge in [-0.25, -0.2) is 0 Å². The normalized spacial score (nSPS) is 18.4. The van der Waals surface area contributed by atoms with E-state index in [-0.39, 0.29) is 5.69 Å². The van der Waals surface area contributed by atoms with Crippen LogP contribution < -0.4 is 5.73 Å². The number of alkyl halides is 3. The van der Waals surface area contributed by atoms with Crippen molar-refractivity contribution in [1.82, 2.24) is 0 Å². The first kappa shape index (κ1) is 13.4. The van der Waals surface area contributed by atoms with E-state index in [1.807, 2.05) is 0 Å². The summed E-state index contributed by atoms with van der Waals surface area (Å²) in [6.07, 6.45) is -1.18. The fourth-order valence-corrected chi connectivity index (χ4v) is 3.38. The van der Waals surface area contributed by atoms with E-state index in [9.17, 15) is 17.4 Å². The van der Waals surface area contributed by atoms with Gasteiger partial charge in [-0.1, -0.05) is 6.42 Å². The molecule has 1 fully saturated rings. The van der Waals surface area contributed by atoms with Crippen LogP contribution in [0.2, 0.25) is 0 Å². The minimum Gasteiger partial charge on any atom is -0.398 e. The first-order chi connectivity index (χ1) is 8.38. The molecule has 0 saturated heterocycles. The van der Waals surface area contributed by atoms with Crippen molar-refractivity contribution >= 4 is 16.5 Å². The number of anilines is 1. The fraction of sp³-hybridized carbons (Fsp3) is 0.500. The smallest absolute Gasteiger partial charge is 0.398 e. The van der Waals surface area contributed by atoms with E-state index in [1.165, 1.54) is 6.07 Å². The topological polar surface area (TPSA) is 43.1 Å². The number of halogens is 3. The molecule has 1 aromatic carbocycles. The average molecular weight is 277 g/mol. The summed E-state index contributed by atoms with van der Waals surface area (Å²) in [6, 6.07) is 3.02. The highest BCUT2D eigenvalue weighted by Crippen LogP contribution is 2.33. The van der Waals surface area contributed by atoms with Crippen LogP contribution in [-0.2, 0) is 17.0 Å². The SMILES string of the molecule is Nc1cc(C(F)(F)F)ccc1S(=O)CC1CCC1. The molecule has 1 atom stereocenters. The van der Waals surface area contributed by atoms with Crippen LogP contribution in [0.4, 0.5) is 18.9 Å². The third-order valence-corrected chi connectivity index (χ3v) is 4.83. The van der Waals surface area contributed by atoms with E-state index in [1.54, 1.807) is 0 Å². The maximum Gasteiger partial charge on any atom is 0.416 e. The molecule has 0 spiro atoms. The molecule has 2 N–H and O–H groups in total. The molecular weight excluding hydrogens is 263 g/mol. The van der Waals surface area contributed by atoms with Crippen LogP contribution in [0.3, 0.4) is 0 Å². The van der Waals surface area contributed by atoms with Gasteiger partial charge in [-0.05, 0) is 37.0 Å². The predicted octanol–water partition coefficient (Wildman–Crippen LogP) is 3.20. The Kier molecular flexibility index (Phi) is 3.66. The number of nitrogen functional groups attached to an aromatic ring is 1. The van der Waals surface area contributed by atoms with E-state index >= 15 is 0 Å². The third kappa shape index (κ3) is 2.85. The zero-order chi connectivity index (χ0) is 13.3. The van der Waals surface area contributed by atoms with Gasteiger partial charge < -0.3 is 5.73 Å². The lowest BCUT2D eigenvalue weighted by Crippen LogP contribution is -2.19. The molecule has 2 nitrogen and oxygen atoms in total. The lowest BCUT2D eigenvalue weighted by atomic mass is 9.87. The summed E-state index contributed by atoms with van der Waals surface area (Å²) >= 11 is 0. The van der Waals surface area contributed by atoms with Gasteiger partial charge in [0, 0.05) is 11.4 Å². The van der Waals surface area contributed by atoms with Gasteiger partial charge in [-0.3, -0.25) is 4.21 Å². The van der Waals surface area contributed by atoms with Gasteiger partial charge in [0.1, 0.15) is 0 Å². The van der Waals surface area contributed by atoms with Gasteiger partial charge in [0.05, 0.1) is 21.3 Å². The molecule has 100 valence electrons. The molecule has 0 bridgehead atoms. The second-order valence-electron chi connectivity index (χ2n) is 4.56. The average Bonchev–Trinajstić information content (AvgIpc) is 2.21. The Morgan fingerprint density at radius 1 is 1.33 bits per heavy atom. The summed E-state index contributed by atoms with van der Waals surface area (Å²) in [5.41, 5.74) is 4.72. The Balaban J connectivity index is 2.16. The number of hydrogen-bond donors (Lipinski definition) is 1. The fourth-order valence-electron chi connectivity index (χ4n) is 1.90. The van der Waals surface area contributed by atoms with Gasteiger partial charge in [0.25, 0.3) is 0 Å². The minimum absolute atomic E-state index is 0.0394. The predicted molar refractivity (Wildman–Crippen MR) is 64.5 cm³/mol. The zero-order valence-corrected chi connectivity index (χ0v) is 10.5. The summed E-state index contributed by atoms with van der Waals surface area (Å²) in [7, 11) is -1.30. The van der Waals surface area contributed by atoms with Crippen molar-refractivity contribution in [3.8, 4) is 0 Å². The van der Waals surface area contributed by atoms with Gasteiger partial charge >= 0.3 is 6.18 Å². The van der Waals surface area contributed by atoms with Crippen LogP contribution >= 0.6 is 0 Å². The Morgan fingerprint density at radius 3 is 2.44 bits per heavy atom. The number of benzene rings is 1. The molecule has 0 radical (unpaired) electrons. The first-order valence-electron chi connectivity index (χ1n) is 5.73. The molecule has 1 saturated carbocycles. The second-order valence-corrected chi connectivity index (χ2v) is 6.02. The number of nitrogens with two attached hydrogens (primary N) is 1. The van der Waals surface area contributed by atoms with Crippen molar-refractivity contribution < 1.29 is 17.4 Å². The van der Waals surface area contributed by atoms with Crippen LogP contribution in [0.5, 0.6) is 0 Å². The van der Waals surface area contributed by atoms with E-state index in [2.05, 4.69) is 0 Å². The Morgan fingerprint density at radius 2 is 2.00 bits per heavy atom. The standard InChI is InChI=1S/C12H14F3NOS/c13-12(14,15)9-4-5-11(10(16)6-9)18(17)7-8-2-1-3-8/h4-6,8H,1-3,7,16H2. The summed E-state index contributed by atoms with van der Waals surface area (Å²) in [6.45, 7) is 0. The molecule has 1 aromatic rings. The first-order valence-corrected chi connectivity index (χ1v) is 7.05. The monoisotopic (exact) mass is 277 g/mol. The Hall–Kier alpha value is -1.04. The summed E-state index contributed by atoms with van der Waals surface area (Å²) < 4.78 is 49.3. The highest BCUT2D eigenvalue weighted by Gasteiger charge is 2.31. The summed E-state index contributed by atoms with van der Waals surface area (Å²) in [5, 5.41) is 0. The van der Waals surface area contributed by atoms with Crippen molar-refractivity contribution in [3.63, 3.8) is 0 Å². The van der Waals surface area contributed by atoms with Gasteiger partial charge in [-0.15, -0.1) is 0 Å². The van der Waals surface area contributed by atoms with Crippen LogP contribution in [0.15, 0.2) is 23.1 Å². The third-order valence-electron chi connectivity index (χ3n) is 3.19. The van der Waals surface area contributed by atoms with Gasteiger partial charge in [-0.2, -0.15) is 13.2 Å². The molecule has 1 aliphatic rings. The largest absolute Gasteiger partial charge is 0.416 e. The van der Waals surface area contributed by atoms with Crippen LogP contribution in [-0.4, -0.2) is 9.96 Å². The molecule has 2 rings (SSSR count). The Bertz CT molecular complexity index is 469. The second kappa shape index (κ2) is 4.91. The molecule has 1 unspecified atom stereocenters. The van der Waals surface area contributed by atoms with E-state index < -0.39 is 22.5 Å². The van der Waals surface area contributed by atoms with Crippen LogP contribution in [0, 0.1) is 5.92 Å². The lowest BCUT2D eigenvalue weighted by Gasteiger charge is -2.24. The van der Waals surface area contributed by atoms with Crippen molar-refractivity contribution in [1.29, 1.82) is 0 Å². The molecular formula is C12H14F3NOS. The molecule has 1 aliphatic carbocycles.